The smallest absolute Gasteiger partial charge is 0.328 e. The summed E-state index contributed by atoms with van der Waals surface area (Å²) >= 11 is 0. The average molecular weight is 623 g/mol. The lowest BCUT2D eigenvalue weighted by Crippen LogP contribution is -2.29. The van der Waals surface area contributed by atoms with Crippen molar-refractivity contribution in [2.45, 2.75) is 78.7 Å². The quantitative estimate of drug-likeness (QED) is 0.276. The Morgan fingerprint density at radius 2 is 1.11 bits per heavy atom. The highest BCUT2D eigenvalue weighted by molar-refractivity contribution is 5.82. The number of esters is 2. The van der Waals surface area contributed by atoms with Crippen molar-refractivity contribution in [1.82, 2.24) is 19.6 Å². The van der Waals surface area contributed by atoms with E-state index in [-0.39, 0.29) is 42.9 Å². The first kappa shape index (κ1) is 34.6. The van der Waals surface area contributed by atoms with Crippen LogP contribution in [-0.4, -0.2) is 65.5 Å². The maximum atomic E-state index is 12.3. The molecule has 0 saturated carbocycles. The zero-order valence-electron chi connectivity index (χ0n) is 26.2. The topological polar surface area (TPSA) is 180 Å². The van der Waals surface area contributed by atoms with Crippen molar-refractivity contribution in [3.8, 4) is 0 Å². The third-order valence-electron chi connectivity index (χ3n) is 5.93. The lowest BCUT2D eigenvalue weighted by atomic mass is 10.1. The van der Waals surface area contributed by atoms with Crippen LogP contribution in [0.3, 0.4) is 0 Å². The lowest BCUT2D eigenvalue weighted by molar-refractivity contribution is -0.156. The number of carboxylic acid groups (broad SMARTS) is 1. The zero-order valence-corrected chi connectivity index (χ0v) is 26.2. The molecule has 0 unspecified atom stereocenters. The van der Waals surface area contributed by atoms with E-state index in [1.807, 2.05) is 0 Å². The number of hydrogen-bond acceptors (Lipinski definition) is 10. The molecule has 0 saturated heterocycles. The van der Waals surface area contributed by atoms with E-state index in [9.17, 15) is 24.0 Å². The third-order valence-corrected chi connectivity index (χ3v) is 5.93. The SMILES string of the molecule is CC(C)(C)OC(=O)Cn1nc(CC(=O)O)c(=O)c2ccccc21.CC(C)(C)OC(=O)Cn1nc(CCO)c(=O)c2ccccc21. The van der Waals surface area contributed by atoms with E-state index >= 15 is 0 Å². The van der Waals surface area contributed by atoms with Gasteiger partial charge in [0.2, 0.25) is 10.9 Å². The number of fused-ring (bicyclic) bond motifs is 2. The summed E-state index contributed by atoms with van der Waals surface area (Å²) in [5, 5.41) is 27.0. The molecule has 4 aromatic rings. The molecule has 2 heterocycles. The van der Waals surface area contributed by atoms with Crippen LogP contribution < -0.4 is 10.9 Å². The van der Waals surface area contributed by atoms with Crippen molar-refractivity contribution < 1.29 is 34.1 Å². The Labute approximate surface area is 259 Å². The fourth-order valence-electron chi connectivity index (χ4n) is 4.34. The minimum absolute atomic E-state index is 0.0868. The van der Waals surface area contributed by atoms with E-state index in [0.29, 0.717) is 21.8 Å². The summed E-state index contributed by atoms with van der Waals surface area (Å²) in [6.07, 6.45) is -0.351. The molecule has 0 aliphatic carbocycles. The zero-order chi connectivity index (χ0) is 33.5. The van der Waals surface area contributed by atoms with Crippen molar-refractivity contribution in [2.24, 2.45) is 0 Å². The molecule has 13 nitrogen and oxygen atoms in total. The van der Waals surface area contributed by atoms with Gasteiger partial charge in [-0.15, -0.1) is 0 Å². The summed E-state index contributed by atoms with van der Waals surface area (Å²) in [6, 6.07) is 13.6. The Morgan fingerprint density at radius 1 is 0.711 bits per heavy atom. The number of rotatable bonds is 8. The number of benzene rings is 2. The maximum absolute atomic E-state index is 12.3. The number of carbonyl (C=O) groups excluding carboxylic acids is 2. The average Bonchev–Trinajstić information content (AvgIpc) is 2.92. The summed E-state index contributed by atoms with van der Waals surface area (Å²) in [7, 11) is 0. The molecule has 0 atom stereocenters. The number of nitrogens with zero attached hydrogens (tertiary/aromatic N) is 4. The second-order valence-corrected chi connectivity index (χ2v) is 12.1. The fraction of sp³-hybridized carbons (Fsp3) is 0.406. The van der Waals surface area contributed by atoms with Crippen LogP contribution in [0.1, 0.15) is 52.9 Å². The molecule has 2 aromatic carbocycles. The molecule has 0 aliphatic heterocycles. The summed E-state index contributed by atoms with van der Waals surface area (Å²) in [4.78, 5) is 59.5. The molecular formula is C32H38N4O9. The molecule has 2 N–H and O–H groups in total. The second kappa shape index (κ2) is 14.2. The number of carbonyl (C=O) groups is 3. The van der Waals surface area contributed by atoms with E-state index in [4.69, 9.17) is 19.7 Å². The predicted molar refractivity (Wildman–Crippen MR) is 166 cm³/mol. The van der Waals surface area contributed by atoms with Crippen LogP contribution in [0.15, 0.2) is 58.1 Å². The van der Waals surface area contributed by atoms with Gasteiger partial charge < -0.3 is 19.7 Å². The number of ether oxygens (including phenoxy) is 2. The number of para-hydroxylation sites is 2. The lowest BCUT2D eigenvalue weighted by Gasteiger charge is -2.20. The summed E-state index contributed by atoms with van der Waals surface area (Å²) in [5.41, 5.74) is -0.731. The monoisotopic (exact) mass is 622 g/mol. The van der Waals surface area contributed by atoms with E-state index in [0.717, 1.165) is 0 Å². The van der Waals surface area contributed by atoms with Gasteiger partial charge >= 0.3 is 17.9 Å². The van der Waals surface area contributed by atoms with Crippen molar-refractivity contribution in [3.05, 3.63) is 80.4 Å². The van der Waals surface area contributed by atoms with Crippen LogP contribution in [-0.2, 0) is 49.8 Å². The first-order valence-corrected chi connectivity index (χ1v) is 14.2. The number of aliphatic carboxylic acids is 1. The second-order valence-electron chi connectivity index (χ2n) is 12.1. The molecular weight excluding hydrogens is 584 g/mol. The standard InChI is InChI=1S/C16H18N2O5.C16H20N2O4/c1-16(2,3)23-14(21)9-18-12-7-5-4-6-10(12)15(22)11(17-18)8-13(19)20;1-16(2,3)22-14(20)10-18-13-7-5-4-6-11(13)15(21)12(17-18)8-9-19/h4-7H,8-9H2,1-3H3,(H,19,20);4-7,19H,8-10H2,1-3H3. The Balaban J connectivity index is 0.000000246. The fourth-order valence-corrected chi connectivity index (χ4v) is 4.34. The van der Waals surface area contributed by atoms with E-state index in [2.05, 4.69) is 10.2 Å². The van der Waals surface area contributed by atoms with Gasteiger partial charge in [0.25, 0.3) is 0 Å². The first-order valence-electron chi connectivity index (χ1n) is 14.2. The normalized spacial score (nSPS) is 11.5. The highest BCUT2D eigenvalue weighted by Crippen LogP contribution is 2.14. The molecule has 2 aromatic heterocycles. The number of aromatic nitrogens is 4. The number of aliphatic hydroxyl groups is 1. The van der Waals surface area contributed by atoms with Gasteiger partial charge in [-0.25, -0.2) is 0 Å². The Bertz CT molecular complexity index is 1830. The van der Waals surface area contributed by atoms with Crippen molar-refractivity contribution in [3.63, 3.8) is 0 Å². The Kier molecular flexibility index (Phi) is 10.9. The van der Waals surface area contributed by atoms with Gasteiger partial charge in [-0.1, -0.05) is 24.3 Å². The molecule has 4 rings (SSSR count). The first-order chi connectivity index (χ1) is 21.0. The van der Waals surface area contributed by atoms with Gasteiger partial charge in [0.05, 0.1) is 17.5 Å². The molecule has 13 heteroatoms. The van der Waals surface area contributed by atoms with Gasteiger partial charge in [-0.05, 0) is 65.8 Å². The predicted octanol–water partition coefficient (Wildman–Crippen LogP) is 2.64. The molecule has 0 fully saturated rings. The number of hydrogen-bond donors (Lipinski definition) is 2. The van der Waals surface area contributed by atoms with Crippen LogP contribution >= 0.6 is 0 Å². The van der Waals surface area contributed by atoms with Gasteiger partial charge in [0, 0.05) is 23.8 Å². The van der Waals surface area contributed by atoms with Gasteiger partial charge in [0.15, 0.2) is 0 Å². The van der Waals surface area contributed by atoms with Crippen LogP contribution in [0.5, 0.6) is 0 Å². The molecule has 240 valence electrons. The van der Waals surface area contributed by atoms with E-state index in [1.54, 1.807) is 90.1 Å². The largest absolute Gasteiger partial charge is 0.481 e. The van der Waals surface area contributed by atoms with Crippen LogP contribution in [0, 0.1) is 0 Å². The maximum Gasteiger partial charge on any atom is 0.328 e. The Hall–Kier alpha value is -4.91. The van der Waals surface area contributed by atoms with E-state index < -0.39 is 41.0 Å². The van der Waals surface area contributed by atoms with Crippen molar-refractivity contribution in [1.29, 1.82) is 0 Å². The van der Waals surface area contributed by atoms with Crippen LogP contribution in [0.4, 0.5) is 0 Å². The summed E-state index contributed by atoms with van der Waals surface area (Å²) < 4.78 is 13.3. The van der Waals surface area contributed by atoms with Gasteiger partial charge in [-0.3, -0.25) is 33.3 Å². The highest BCUT2D eigenvalue weighted by atomic mass is 16.6. The van der Waals surface area contributed by atoms with E-state index in [1.165, 1.54) is 9.36 Å². The van der Waals surface area contributed by atoms with Crippen molar-refractivity contribution in [2.75, 3.05) is 6.61 Å². The minimum atomic E-state index is -1.16. The molecule has 0 radical (unpaired) electrons. The highest BCUT2D eigenvalue weighted by Gasteiger charge is 2.20. The third kappa shape index (κ3) is 9.80. The van der Waals surface area contributed by atoms with Gasteiger partial charge in [0.1, 0.15) is 35.7 Å². The number of aliphatic hydroxyl groups excluding tert-OH is 1. The molecule has 0 bridgehead atoms. The summed E-state index contributed by atoms with van der Waals surface area (Å²) in [5.74, 6) is -2.10. The minimum Gasteiger partial charge on any atom is -0.481 e. The Morgan fingerprint density at radius 3 is 1.51 bits per heavy atom. The molecule has 45 heavy (non-hydrogen) atoms. The number of carboxylic acids is 1. The van der Waals surface area contributed by atoms with Crippen LogP contribution in [0.2, 0.25) is 0 Å². The molecule has 0 spiro atoms. The van der Waals surface area contributed by atoms with Crippen LogP contribution in [0.25, 0.3) is 21.8 Å². The molecule has 0 amide bonds. The molecule has 0 aliphatic rings. The van der Waals surface area contributed by atoms with Gasteiger partial charge in [-0.2, -0.15) is 10.2 Å². The summed E-state index contributed by atoms with van der Waals surface area (Å²) in [6.45, 7) is 10.2. The van der Waals surface area contributed by atoms with Crippen molar-refractivity contribution >= 4 is 39.7 Å².